The molecule has 7 heteroatoms. The summed E-state index contributed by atoms with van der Waals surface area (Å²) >= 11 is 0. The van der Waals surface area contributed by atoms with Crippen LogP contribution < -0.4 is 10.6 Å². The Morgan fingerprint density at radius 3 is 3.00 bits per heavy atom. The topological polar surface area (TPSA) is 48.9 Å². The van der Waals surface area contributed by atoms with Crippen molar-refractivity contribution in [2.24, 2.45) is 4.99 Å². The van der Waals surface area contributed by atoms with Crippen LogP contribution in [0, 0.1) is 12.7 Å². The number of benzene rings is 1. The molecule has 0 aliphatic carbocycles. The second kappa shape index (κ2) is 10.6. The van der Waals surface area contributed by atoms with E-state index in [1.807, 2.05) is 26.0 Å². The zero-order valence-corrected chi connectivity index (χ0v) is 18.8. The van der Waals surface area contributed by atoms with Crippen LogP contribution in [-0.2, 0) is 4.74 Å². The minimum atomic E-state index is -0.172. The lowest BCUT2D eigenvalue weighted by Gasteiger charge is -2.34. The number of nitrogens with zero attached hydrogens (tertiary/aromatic N) is 2. The van der Waals surface area contributed by atoms with Crippen LogP contribution in [0.25, 0.3) is 0 Å². The monoisotopic (exact) mass is 490 g/mol. The zero-order chi connectivity index (χ0) is 18.5. The van der Waals surface area contributed by atoms with Crippen LogP contribution in [0.5, 0.6) is 0 Å². The van der Waals surface area contributed by atoms with Crippen molar-refractivity contribution in [2.75, 3.05) is 32.8 Å². The summed E-state index contributed by atoms with van der Waals surface area (Å²) in [5.74, 6) is 0.571. The highest BCUT2D eigenvalue weighted by Crippen LogP contribution is 2.22. The number of nitrogens with one attached hydrogen (secondary N) is 2. The lowest BCUT2D eigenvalue weighted by Crippen LogP contribution is -2.47. The van der Waals surface area contributed by atoms with Crippen LogP contribution in [0.4, 0.5) is 4.39 Å². The maximum Gasteiger partial charge on any atom is 0.191 e. The van der Waals surface area contributed by atoms with E-state index in [9.17, 15) is 4.39 Å². The predicted octanol–water partition coefficient (Wildman–Crippen LogP) is 3.23. The fraction of sp³-hybridized carbons (Fsp3) is 0.650. The van der Waals surface area contributed by atoms with E-state index in [1.165, 1.54) is 19.4 Å². The fourth-order valence-corrected chi connectivity index (χ4v) is 3.68. The molecule has 0 saturated carbocycles. The minimum absolute atomic E-state index is 0. The van der Waals surface area contributed by atoms with E-state index >= 15 is 0 Å². The molecule has 0 aromatic heterocycles. The summed E-state index contributed by atoms with van der Waals surface area (Å²) in [6, 6.07) is 5.94. The highest BCUT2D eigenvalue weighted by molar-refractivity contribution is 14.0. The summed E-state index contributed by atoms with van der Waals surface area (Å²) in [4.78, 5) is 7.24. The molecule has 0 bridgehead atoms. The molecule has 3 atom stereocenters. The number of hydrogen-bond donors (Lipinski definition) is 2. The Labute approximate surface area is 179 Å². The maximum atomic E-state index is 13.8. The Bertz CT molecular complexity index is 642. The number of rotatable bonds is 5. The molecule has 0 radical (unpaired) electrons. The first kappa shape index (κ1) is 22.4. The Balaban J connectivity index is 0.00000261. The van der Waals surface area contributed by atoms with Gasteiger partial charge in [0.1, 0.15) is 5.82 Å². The van der Waals surface area contributed by atoms with Crippen molar-refractivity contribution in [3.63, 3.8) is 0 Å². The third kappa shape index (κ3) is 6.02. The van der Waals surface area contributed by atoms with Crippen LogP contribution in [0.2, 0.25) is 0 Å². The quantitative estimate of drug-likeness (QED) is 0.378. The summed E-state index contributed by atoms with van der Waals surface area (Å²) in [5, 5.41) is 6.64. The summed E-state index contributed by atoms with van der Waals surface area (Å²) in [6.07, 6.45) is 2.68. The van der Waals surface area contributed by atoms with E-state index in [4.69, 9.17) is 9.73 Å². The van der Waals surface area contributed by atoms with Crippen molar-refractivity contribution in [2.45, 2.75) is 51.8 Å². The normalized spacial score (nSPS) is 24.1. The second-order valence-electron chi connectivity index (χ2n) is 7.34. The molecule has 152 valence electrons. The van der Waals surface area contributed by atoms with Gasteiger partial charge in [-0.15, -0.1) is 24.0 Å². The van der Waals surface area contributed by atoms with Gasteiger partial charge in [-0.2, -0.15) is 0 Å². The van der Waals surface area contributed by atoms with Crippen LogP contribution in [0.1, 0.15) is 43.9 Å². The number of hydrogen-bond acceptors (Lipinski definition) is 3. The number of aliphatic imine (C=N–C) groups is 1. The average molecular weight is 490 g/mol. The molecule has 2 heterocycles. The summed E-state index contributed by atoms with van der Waals surface area (Å²) in [7, 11) is 0. The largest absolute Gasteiger partial charge is 0.373 e. The summed E-state index contributed by atoms with van der Waals surface area (Å²) in [6.45, 7) is 10.2. The van der Waals surface area contributed by atoms with Crippen LogP contribution in [-0.4, -0.2) is 55.8 Å². The van der Waals surface area contributed by atoms with Crippen LogP contribution in [0.15, 0.2) is 23.2 Å². The van der Waals surface area contributed by atoms with E-state index < -0.39 is 0 Å². The molecule has 2 saturated heterocycles. The molecule has 0 amide bonds. The van der Waals surface area contributed by atoms with Gasteiger partial charge in [-0.3, -0.25) is 9.89 Å². The number of fused-ring (bicyclic) bond motifs is 1. The first-order chi connectivity index (χ1) is 12.6. The molecular formula is C20H32FIN4O. The summed E-state index contributed by atoms with van der Waals surface area (Å²) in [5.41, 5.74) is 1.57. The van der Waals surface area contributed by atoms with E-state index in [2.05, 4.69) is 15.5 Å². The first-order valence-corrected chi connectivity index (χ1v) is 9.73. The minimum Gasteiger partial charge on any atom is -0.373 e. The molecular weight excluding hydrogens is 458 g/mol. The van der Waals surface area contributed by atoms with Gasteiger partial charge < -0.3 is 15.4 Å². The number of halogens is 2. The van der Waals surface area contributed by atoms with Crippen molar-refractivity contribution < 1.29 is 9.13 Å². The second-order valence-corrected chi connectivity index (χ2v) is 7.34. The molecule has 3 unspecified atom stereocenters. The van der Waals surface area contributed by atoms with Gasteiger partial charge in [-0.05, 0) is 57.4 Å². The molecule has 2 aliphatic rings. The number of guanidine groups is 1. The molecule has 2 N–H and O–H groups in total. The lowest BCUT2D eigenvalue weighted by molar-refractivity contribution is -0.0432. The number of ether oxygens (including phenoxy) is 1. The number of morpholine rings is 1. The maximum absolute atomic E-state index is 13.8. The van der Waals surface area contributed by atoms with E-state index in [0.29, 0.717) is 18.2 Å². The third-order valence-corrected chi connectivity index (χ3v) is 5.31. The smallest absolute Gasteiger partial charge is 0.191 e. The zero-order valence-electron chi connectivity index (χ0n) is 16.5. The van der Waals surface area contributed by atoms with Crippen LogP contribution >= 0.6 is 24.0 Å². The Morgan fingerprint density at radius 1 is 1.44 bits per heavy atom. The Morgan fingerprint density at radius 2 is 2.26 bits per heavy atom. The van der Waals surface area contributed by atoms with Crippen molar-refractivity contribution in [1.82, 2.24) is 15.5 Å². The molecule has 3 rings (SSSR count). The van der Waals surface area contributed by atoms with Gasteiger partial charge in [-0.25, -0.2) is 4.39 Å². The molecule has 1 aromatic carbocycles. The van der Waals surface area contributed by atoms with E-state index in [1.54, 1.807) is 13.0 Å². The third-order valence-electron chi connectivity index (χ3n) is 5.31. The van der Waals surface area contributed by atoms with Crippen molar-refractivity contribution in [3.8, 4) is 0 Å². The lowest BCUT2D eigenvalue weighted by atomic mass is 10.1. The van der Waals surface area contributed by atoms with Crippen molar-refractivity contribution in [1.29, 1.82) is 0 Å². The molecule has 5 nitrogen and oxygen atoms in total. The predicted molar refractivity (Wildman–Crippen MR) is 118 cm³/mol. The first-order valence-electron chi connectivity index (χ1n) is 9.73. The Kier molecular flexibility index (Phi) is 8.75. The highest BCUT2D eigenvalue weighted by Gasteiger charge is 2.32. The molecule has 1 aromatic rings. The van der Waals surface area contributed by atoms with Gasteiger partial charge in [0.2, 0.25) is 0 Å². The Hall–Kier alpha value is -0.930. The molecule has 2 aliphatic heterocycles. The van der Waals surface area contributed by atoms with Gasteiger partial charge in [0, 0.05) is 19.1 Å². The van der Waals surface area contributed by atoms with Gasteiger partial charge in [0.25, 0.3) is 0 Å². The molecule has 0 spiro atoms. The highest BCUT2D eigenvalue weighted by atomic mass is 127. The standard InChI is InChI=1S/C20H31FN4O.HI/c1-4-22-20(24-15(3)16-8-7-14(2)19(21)10-16)23-11-18-12-25-9-5-6-17(25)13-26-18;/h7-8,10,15,17-18H,4-6,9,11-13H2,1-3H3,(H2,22,23,24);1H. The number of aryl methyl sites for hydroxylation is 1. The van der Waals surface area contributed by atoms with Crippen molar-refractivity contribution >= 4 is 29.9 Å². The van der Waals surface area contributed by atoms with Crippen molar-refractivity contribution in [3.05, 3.63) is 35.1 Å². The van der Waals surface area contributed by atoms with Gasteiger partial charge in [0.15, 0.2) is 5.96 Å². The fourth-order valence-electron chi connectivity index (χ4n) is 3.68. The van der Waals surface area contributed by atoms with Crippen LogP contribution in [0.3, 0.4) is 0 Å². The molecule has 2 fully saturated rings. The van der Waals surface area contributed by atoms with Gasteiger partial charge in [0.05, 0.1) is 25.3 Å². The average Bonchev–Trinajstić information content (AvgIpc) is 3.10. The van der Waals surface area contributed by atoms with Gasteiger partial charge >= 0.3 is 0 Å². The molecule has 27 heavy (non-hydrogen) atoms. The van der Waals surface area contributed by atoms with E-state index in [-0.39, 0.29) is 41.9 Å². The SMILES string of the molecule is CCNC(=NCC1CN2CCCC2CO1)NC(C)c1ccc(C)c(F)c1.I. The van der Waals surface area contributed by atoms with Gasteiger partial charge in [-0.1, -0.05) is 12.1 Å². The summed E-state index contributed by atoms with van der Waals surface area (Å²) < 4.78 is 19.8. The van der Waals surface area contributed by atoms with E-state index in [0.717, 1.165) is 31.2 Å².